The molecule has 3 aromatic rings. The van der Waals surface area contributed by atoms with Gasteiger partial charge in [-0.1, -0.05) is 19.1 Å². The van der Waals surface area contributed by atoms with Crippen molar-refractivity contribution in [1.82, 2.24) is 9.55 Å². The summed E-state index contributed by atoms with van der Waals surface area (Å²) in [7, 11) is 4.50. The second kappa shape index (κ2) is 8.64. The molecule has 0 aliphatic carbocycles. The van der Waals surface area contributed by atoms with E-state index in [1.165, 1.54) is 25.9 Å². The van der Waals surface area contributed by atoms with E-state index in [1.807, 2.05) is 13.0 Å². The Bertz CT molecular complexity index is 1080. The summed E-state index contributed by atoms with van der Waals surface area (Å²) in [6, 6.07) is 10.4. The number of hydrogen-bond donors (Lipinski definition) is 1. The first-order valence-electron chi connectivity index (χ1n) is 9.10. The molecular formula is C21H23N3O5. The Morgan fingerprint density at radius 3 is 2.31 bits per heavy atom. The summed E-state index contributed by atoms with van der Waals surface area (Å²) in [5.74, 6) is 1.44. The minimum absolute atomic E-state index is 0.156. The lowest BCUT2D eigenvalue weighted by Crippen LogP contribution is -2.31. The third-order valence-corrected chi connectivity index (χ3v) is 4.51. The van der Waals surface area contributed by atoms with Gasteiger partial charge in [0.05, 0.1) is 32.2 Å². The topological polar surface area (TPSA) is 91.7 Å². The first-order chi connectivity index (χ1) is 14.0. The third kappa shape index (κ3) is 4.01. The minimum Gasteiger partial charge on any atom is -0.493 e. The predicted molar refractivity (Wildman–Crippen MR) is 110 cm³/mol. The molecule has 0 saturated heterocycles. The molecule has 8 heteroatoms. The van der Waals surface area contributed by atoms with Crippen LogP contribution in [0, 0.1) is 0 Å². The molecule has 0 unspecified atom stereocenters. The van der Waals surface area contributed by atoms with Crippen LogP contribution in [0.3, 0.4) is 0 Å². The largest absolute Gasteiger partial charge is 0.493 e. The zero-order chi connectivity index (χ0) is 21.0. The molecule has 1 heterocycles. The van der Waals surface area contributed by atoms with Gasteiger partial charge in [-0.3, -0.25) is 14.2 Å². The van der Waals surface area contributed by atoms with E-state index in [0.29, 0.717) is 46.1 Å². The molecule has 0 spiro atoms. The van der Waals surface area contributed by atoms with Crippen LogP contribution in [0.4, 0.5) is 5.69 Å². The van der Waals surface area contributed by atoms with Crippen LogP contribution in [-0.4, -0.2) is 36.8 Å². The highest BCUT2D eigenvalue weighted by atomic mass is 16.5. The lowest BCUT2D eigenvalue weighted by Gasteiger charge is -2.15. The Labute approximate surface area is 168 Å². The number of hydrogen-bond acceptors (Lipinski definition) is 6. The fourth-order valence-electron chi connectivity index (χ4n) is 3.14. The zero-order valence-electron chi connectivity index (χ0n) is 16.8. The molecule has 0 aliphatic rings. The van der Waals surface area contributed by atoms with Crippen molar-refractivity contribution in [2.75, 3.05) is 26.6 Å². The van der Waals surface area contributed by atoms with Crippen LogP contribution in [0.2, 0.25) is 0 Å². The second-order valence-electron chi connectivity index (χ2n) is 6.25. The first-order valence-corrected chi connectivity index (χ1v) is 9.10. The number of fused-ring (bicyclic) bond motifs is 1. The summed E-state index contributed by atoms with van der Waals surface area (Å²) in [6.45, 7) is 1.74. The number of para-hydroxylation sites is 1. The van der Waals surface area contributed by atoms with Crippen molar-refractivity contribution in [3.63, 3.8) is 0 Å². The van der Waals surface area contributed by atoms with Crippen LogP contribution in [0.1, 0.15) is 12.7 Å². The SMILES string of the molecule is CCc1nc2ccccc2c(=O)n1CC(=O)Nc1cc(OC)c(OC)c(OC)c1. The molecule has 29 heavy (non-hydrogen) atoms. The van der Waals surface area contributed by atoms with Gasteiger partial charge in [-0.05, 0) is 12.1 Å². The van der Waals surface area contributed by atoms with Crippen LogP contribution < -0.4 is 25.1 Å². The molecule has 2 aromatic carbocycles. The van der Waals surface area contributed by atoms with Crippen LogP contribution in [0.5, 0.6) is 17.2 Å². The van der Waals surface area contributed by atoms with Crippen molar-refractivity contribution in [2.24, 2.45) is 0 Å². The van der Waals surface area contributed by atoms with Gasteiger partial charge in [0.1, 0.15) is 12.4 Å². The van der Waals surface area contributed by atoms with E-state index in [2.05, 4.69) is 10.3 Å². The van der Waals surface area contributed by atoms with Crippen LogP contribution >= 0.6 is 0 Å². The van der Waals surface area contributed by atoms with Gasteiger partial charge in [-0.2, -0.15) is 0 Å². The predicted octanol–water partition coefficient (Wildman–Crippen LogP) is 2.62. The van der Waals surface area contributed by atoms with Crippen LogP contribution in [0.15, 0.2) is 41.2 Å². The molecule has 0 radical (unpaired) electrons. The standard InChI is InChI=1S/C21H23N3O5/c1-5-18-23-15-9-7-6-8-14(15)21(26)24(18)12-19(25)22-13-10-16(27-2)20(29-4)17(11-13)28-3/h6-11H,5,12H2,1-4H3,(H,22,25). The van der Waals surface area contributed by atoms with Gasteiger partial charge in [-0.15, -0.1) is 0 Å². The molecular weight excluding hydrogens is 374 g/mol. The van der Waals surface area contributed by atoms with Gasteiger partial charge in [0.25, 0.3) is 5.56 Å². The highest BCUT2D eigenvalue weighted by molar-refractivity contribution is 5.91. The highest BCUT2D eigenvalue weighted by Gasteiger charge is 2.16. The number of nitrogens with zero attached hydrogens (tertiary/aromatic N) is 2. The summed E-state index contributed by atoms with van der Waals surface area (Å²) in [5.41, 5.74) is 0.840. The van der Waals surface area contributed by atoms with Gasteiger partial charge >= 0.3 is 0 Å². The molecule has 0 atom stereocenters. The zero-order valence-corrected chi connectivity index (χ0v) is 16.8. The molecule has 8 nitrogen and oxygen atoms in total. The summed E-state index contributed by atoms with van der Waals surface area (Å²) >= 11 is 0. The number of aromatic nitrogens is 2. The lowest BCUT2D eigenvalue weighted by molar-refractivity contribution is -0.116. The molecule has 0 bridgehead atoms. The average Bonchev–Trinajstić information content (AvgIpc) is 2.74. The number of nitrogens with one attached hydrogen (secondary N) is 1. The third-order valence-electron chi connectivity index (χ3n) is 4.51. The smallest absolute Gasteiger partial charge is 0.261 e. The summed E-state index contributed by atoms with van der Waals surface area (Å²) in [5, 5.41) is 3.25. The quantitative estimate of drug-likeness (QED) is 0.659. The van der Waals surface area contributed by atoms with Crippen molar-refractivity contribution >= 4 is 22.5 Å². The maximum absolute atomic E-state index is 12.9. The molecule has 0 fully saturated rings. The maximum atomic E-state index is 12.9. The summed E-state index contributed by atoms with van der Waals surface area (Å²) in [4.78, 5) is 30.1. The number of ether oxygens (including phenoxy) is 3. The molecule has 0 saturated carbocycles. The number of methoxy groups -OCH3 is 3. The molecule has 152 valence electrons. The number of aryl methyl sites for hydroxylation is 1. The minimum atomic E-state index is -0.367. The fraction of sp³-hybridized carbons (Fsp3) is 0.286. The number of carbonyl (C=O) groups is 1. The fourth-order valence-corrected chi connectivity index (χ4v) is 3.14. The normalized spacial score (nSPS) is 10.6. The Morgan fingerprint density at radius 1 is 1.07 bits per heavy atom. The van der Waals surface area contributed by atoms with Crippen molar-refractivity contribution < 1.29 is 19.0 Å². The van der Waals surface area contributed by atoms with Crippen LogP contribution in [-0.2, 0) is 17.8 Å². The van der Waals surface area contributed by atoms with E-state index in [0.717, 1.165) is 0 Å². The van der Waals surface area contributed by atoms with Gasteiger partial charge in [0.2, 0.25) is 11.7 Å². The van der Waals surface area contributed by atoms with Gasteiger partial charge in [0.15, 0.2) is 11.5 Å². The molecule has 1 aromatic heterocycles. The highest BCUT2D eigenvalue weighted by Crippen LogP contribution is 2.39. The van der Waals surface area contributed by atoms with Crippen molar-refractivity contribution in [3.8, 4) is 17.2 Å². The molecule has 0 aliphatic heterocycles. The average molecular weight is 397 g/mol. The molecule has 1 amide bonds. The lowest BCUT2D eigenvalue weighted by atomic mass is 10.2. The van der Waals surface area contributed by atoms with E-state index in [1.54, 1.807) is 30.3 Å². The van der Waals surface area contributed by atoms with E-state index >= 15 is 0 Å². The monoisotopic (exact) mass is 397 g/mol. The molecule has 3 rings (SSSR count). The van der Waals surface area contributed by atoms with E-state index in [-0.39, 0.29) is 18.0 Å². The number of carbonyl (C=O) groups excluding carboxylic acids is 1. The van der Waals surface area contributed by atoms with E-state index < -0.39 is 0 Å². The summed E-state index contributed by atoms with van der Waals surface area (Å²) < 4.78 is 17.3. The Hall–Kier alpha value is -3.55. The van der Waals surface area contributed by atoms with Crippen molar-refractivity contribution in [1.29, 1.82) is 0 Å². The Balaban J connectivity index is 1.92. The maximum Gasteiger partial charge on any atom is 0.261 e. The van der Waals surface area contributed by atoms with Gasteiger partial charge < -0.3 is 19.5 Å². The number of anilines is 1. The Kier molecular flexibility index (Phi) is 6.01. The van der Waals surface area contributed by atoms with E-state index in [4.69, 9.17) is 14.2 Å². The summed E-state index contributed by atoms with van der Waals surface area (Å²) in [6.07, 6.45) is 0.525. The number of benzene rings is 2. The Morgan fingerprint density at radius 2 is 1.72 bits per heavy atom. The molecule has 1 N–H and O–H groups in total. The van der Waals surface area contributed by atoms with Crippen molar-refractivity contribution in [2.45, 2.75) is 19.9 Å². The number of amides is 1. The van der Waals surface area contributed by atoms with Crippen molar-refractivity contribution in [3.05, 3.63) is 52.6 Å². The van der Waals surface area contributed by atoms with Gasteiger partial charge in [0, 0.05) is 24.2 Å². The van der Waals surface area contributed by atoms with Crippen LogP contribution in [0.25, 0.3) is 10.9 Å². The van der Waals surface area contributed by atoms with E-state index in [9.17, 15) is 9.59 Å². The van der Waals surface area contributed by atoms with Gasteiger partial charge in [-0.25, -0.2) is 4.98 Å². The number of rotatable bonds is 7. The first kappa shape index (κ1) is 20.2. The second-order valence-corrected chi connectivity index (χ2v) is 6.25.